The molecule has 2 aliphatic rings. The molecule has 2 aromatic carbocycles. The number of hydrogen-bond donors (Lipinski definition) is 3. The zero-order valence-corrected chi connectivity index (χ0v) is 26.2. The number of carboxylic acids is 1. The Morgan fingerprint density at radius 2 is 1.87 bits per heavy atom. The Labute approximate surface area is 270 Å². The SMILES string of the molecule is Cc1c(C(=O)OC(C)(C)C)ccc2c1CC[C@@H]2NC(=O)c1cc(C(=O)O)nc2c(F)cnn12.FC1(F)Oc2ccc(CNCl)cc2O1. The van der Waals surface area contributed by atoms with Crippen molar-refractivity contribution < 1.29 is 46.9 Å². The maximum atomic E-state index is 14.0. The quantitative estimate of drug-likeness (QED) is 0.176. The predicted molar refractivity (Wildman–Crippen MR) is 160 cm³/mol. The lowest BCUT2D eigenvalue weighted by molar-refractivity contribution is -0.286. The van der Waals surface area contributed by atoms with E-state index in [-0.39, 0.29) is 28.9 Å². The van der Waals surface area contributed by atoms with Gasteiger partial charge in [-0.2, -0.15) is 5.10 Å². The first-order valence-corrected chi connectivity index (χ1v) is 14.6. The van der Waals surface area contributed by atoms with E-state index >= 15 is 0 Å². The van der Waals surface area contributed by atoms with Crippen LogP contribution in [0.3, 0.4) is 0 Å². The van der Waals surface area contributed by atoms with E-state index in [0.29, 0.717) is 24.9 Å². The molecule has 0 radical (unpaired) electrons. The molecule has 0 saturated heterocycles. The van der Waals surface area contributed by atoms with Crippen molar-refractivity contribution in [3.05, 3.63) is 87.6 Å². The number of carbonyl (C=O) groups excluding carboxylic acids is 2. The normalized spacial score (nSPS) is 15.9. The number of aromatic nitrogens is 3. The van der Waals surface area contributed by atoms with Gasteiger partial charge < -0.3 is 24.6 Å². The molecule has 0 fully saturated rings. The van der Waals surface area contributed by atoms with Gasteiger partial charge in [-0.05, 0) is 92.8 Å². The van der Waals surface area contributed by atoms with Crippen molar-refractivity contribution in [3.8, 4) is 11.5 Å². The summed E-state index contributed by atoms with van der Waals surface area (Å²) in [6.45, 7) is 7.62. The first-order chi connectivity index (χ1) is 22.1. The third-order valence-corrected chi connectivity index (χ3v) is 7.37. The number of carbonyl (C=O) groups is 3. The molecule has 16 heteroatoms. The van der Waals surface area contributed by atoms with E-state index in [4.69, 9.17) is 16.5 Å². The van der Waals surface area contributed by atoms with Gasteiger partial charge in [-0.25, -0.2) is 28.3 Å². The van der Waals surface area contributed by atoms with E-state index in [1.54, 1.807) is 39.0 Å². The minimum Gasteiger partial charge on any atom is -0.477 e. The Balaban J connectivity index is 0.000000257. The van der Waals surface area contributed by atoms with Crippen LogP contribution in [0.5, 0.6) is 11.5 Å². The fourth-order valence-electron chi connectivity index (χ4n) is 5.20. The molecule has 47 heavy (non-hydrogen) atoms. The van der Waals surface area contributed by atoms with Crippen molar-refractivity contribution in [3.63, 3.8) is 0 Å². The molecule has 3 N–H and O–H groups in total. The topological polar surface area (TPSA) is 153 Å². The number of alkyl halides is 2. The molecule has 0 bridgehead atoms. The van der Waals surface area contributed by atoms with Crippen molar-refractivity contribution in [1.29, 1.82) is 0 Å². The average Bonchev–Trinajstić information content (AvgIpc) is 3.66. The van der Waals surface area contributed by atoms with Crippen LogP contribution in [-0.2, 0) is 17.7 Å². The van der Waals surface area contributed by atoms with E-state index in [0.717, 1.165) is 39.0 Å². The average molecular weight is 676 g/mol. The van der Waals surface area contributed by atoms with Crippen LogP contribution in [0.2, 0.25) is 0 Å². The summed E-state index contributed by atoms with van der Waals surface area (Å²) in [5, 5.41) is 16.0. The lowest BCUT2D eigenvalue weighted by Crippen LogP contribution is -2.29. The largest absolute Gasteiger partial charge is 0.586 e. The molecule has 1 amide bonds. The second kappa shape index (κ2) is 12.7. The summed E-state index contributed by atoms with van der Waals surface area (Å²) in [5.74, 6) is -3.17. The molecule has 6 rings (SSSR count). The molecule has 4 aromatic rings. The number of aromatic carboxylic acids is 1. The van der Waals surface area contributed by atoms with Crippen molar-refractivity contribution in [2.45, 2.75) is 65.0 Å². The summed E-state index contributed by atoms with van der Waals surface area (Å²) in [6.07, 6.45) is -1.45. The second-order valence-electron chi connectivity index (χ2n) is 11.7. The number of ether oxygens (including phenoxy) is 3. The molecule has 0 spiro atoms. The Hall–Kier alpha value is -4.89. The number of carboxylic acid groups (broad SMARTS) is 1. The van der Waals surface area contributed by atoms with Crippen LogP contribution in [-0.4, -0.2) is 49.4 Å². The van der Waals surface area contributed by atoms with E-state index in [2.05, 4.69) is 29.7 Å². The van der Waals surface area contributed by atoms with Crippen LogP contribution >= 0.6 is 11.8 Å². The number of benzene rings is 2. The number of fused-ring (bicyclic) bond motifs is 3. The third-order valence-electron chi connectivity index (χ3n) is 7.23. The molecule has 3 heterocycles. The Morgan fingerprint density at radius 1 is 1.15 bits per heavy atom. The number of nitrogens with zero attached hydrogens (tertiary/aromatic N) is 3. The standard InChI is InChI=1S/C23H23FN4O5.C8H6ClF2NO2/c1-11-12-7-8-16(14(12)6-5-13(11)22(32)33-23(2,3)4)27-20(29)18-9-17(21(30)31)26-19-15(24)10-25-28(18)19;9-12-4-5-1-2-6-7(3-5)14-8(10,11)13-6/h5-6,9-10,16H,7-8H2,1-4H3,(H,27,29)(H,30,31);1-3,12H,4H2/t16-;/m0./s1. The highest BCUT2D eigenvalue weighted by Crippen LogP contribution is 2.41. The Kier molecular flexibility index (Phi) is 9.06. The van der Waals surface area contributed by atoms with E-state index in [1.807, 2.05) is 6.92 Å². The fourth-order valence-corrected chi connectivity index (χ4v) is 5.36. The van der Waals surface area contributed by atoms with E-state index in [1.165, 1.54) is 12.1 Å². The minimum atomic E-state index is -3.56. The lowest BCUT2D eigenvalue weighted by atomic mass is 9.97. The highest BCUT2D eigenvalue weighted by Gasteiger charge is 2.43. The number of halogens is 4. The fraction of sp³-hybridized carbons (Fsp3) is 0.323. The second-order valence-corrected chi connectivity index (χ2v) is 12.0. The maximum absolute atomic E-state index is 14.0. The number of hydrogen-bond acceptors (Lipinski definition) is 9. The molecule has 1 atom stereocenters. The van der Waals surface area contributed by atoms with Gasteiger partial charge in [0, 0.05) is 12.6 Å². The van der Waals surface area contributed by atoms with Gasteiger partial charge >= 0.3 is 18.2 Å². The van der Waals surface area contributed by atoms with Gasteiger partial charge in [0.2, 0.25) is 0 Å². The van der Waals surface area contributed by atoms with Gasteiger partial charge in [0.25, 0.3) is 5.91 Å². The van der Waals surface area contributed by atoms with E-state index < -0.39 is 41.3 Å². The number of amides is 1. The van der Waals surface area contributed by atoms with Crippen molar-refractivity contribution in [1.82, 2.24) is 24.8 Å². The summed E-state index contributed by atoms with van der Waals surface area (Å²) >= 11 is 5.27. The smallest absolute Gasteiger partial charge is 0.477 e. The predicted octanol–water partition coefficient (Wildman–Crippen LogP) is 5.50. The van der Waals surface area contributed by atoms with Crippen molar-refractivity contribution in [2.24, 2.45) is 0 Å². The van der Waals surface area contributed by atoms with E-state index in [9.17, 15) is 32.7 Å². The Morgan fingerprint density at radius 3 is 2.55 bits per heavy atom. The van der Waals surface area contributed by atoms with Gasteiger partial charge in [-0.1, -0.05) is 12.1 Å². The summed E-state index contributed by atoms with van der Waals surface area (Å²) in [6, 6.07) is 8.66. The van der Waals surface area contributed by atoms with Crippen LogP contribution in [0.15, 0.2) is 42.6 Å². The van der Waals surface area contributed by atoms with Crippen LogP contribution in [0.25, 0.3) is 5.65 Å². The third kappa shape index (κ3) is 7.25. The number of esters is 1. The molecule has 0 unspecified atom stereocenters. The van der Waals surface area contributed by atoms with Gasteiger partial charge in [-0.15, -0.1) is 8.78 Å². The van der Waals surface area contributed by atoms with Crippen molar-refractivity contribution >= 4 is 35.3 Å². The monoisotopic (exact) mass is 675 g/mol. The highest BCUT2D eigenvalue weighted by atomic mass is 35.5. The molecule has 1 aliphatic heterocycles. The Bertz CT molecular complexity index is 1890. The number of rotatable bonds is 6. The minimum absolute atomic E-state index is 0.0272. The first kappa shape index (κ1) is 33.5. The van der Waals surface area contributed by atoms with Gasteiger partial charge in [-0.3, -0.25) is 4.79 Å². The zero-order chi connectivity index (χ0) is 34.3. The van der Waals surface area contributed by atoms with Crippen LogP contribution in [0.4, 0.5) is 13.2 Å². The number of nitrogens with one attached hydrogen (secondary N) is 2. The first-order valence-electron chi connectivity index (χ1n) is 14.2. The zero-order valence-electron chi connectivity index (χ0n) is 25.5. The summed E-state index contributed by atoms with van der Waals surface area (Å²) in [5.41, 5.74) is 2.27. The van der Waals surface area contributed by atoms with Crippen LogP contribution in [0, 0.1) is 12.7 Å². The molecule has 1 aliphatic carbocycles. The summed E-state index contributed by atoms with van der Waals surface area (Å²) in [7, 11) is 0. The molecular weight excluding hydrogens is 647 g/mol. The summed E-state index contributed by atoms with van der Waals surface area (Å²) < 4.78 is 54.0. The van der Waals surface area contributed by atoms with Crippen LogP contribution in [0.1, 0.15) is 86.8 Å². The van der Waals surface area contributed by atoms with Gasteiger partial charge in [0.15, 0.2) is 28.7 Å². The van der Waals surface area contributed by atoms with Gasteiger partial charge in [0.1, 0.15) is 11.3 Å². The molecule has 0 saturated carbocycles. The maximum Gasteiger partial charge on any atom is 0.586 e. The van der Waals surface area contributed by atoms with Gasteiger partial charge in [0.05, 0.1) is 17.8 Å². The molecular formula is C31H29ClF3N5O7. The summed E-state index contributed by atoms with van der Waals surface area (Å²) in [4.78, 5) is 43.1. The van der Waals surface area contributed by atoms with Crippen LogP contribution < -0.4 is 19.6 Å². The lowest BCUT2D eigenvalue weighted by Gasteiger charge is -2.21. The highest BCUT2D eigenvalue weighted by molar-refractivity contribution is 6.13. The molecule has 248 valence electrons. The molecule has 2 aromatic heterocycles. The van der Waals surface area contributed by atoms with Crippen molar-refractivity contribution in [2.75, 3.05) is 0 Å². The molecule has 12 nitrogen and oxygen atoms in total.